The smallest absolute Gasteiger partial charge is 0.253 e. The van der Waals surface area contributed by atoms with Gasteiger partial charge in [0, 0.05) is 19.7 Å². The molecule has 1 aromatic carbocycles. The lowest BCUT2D eigenvalue weighted by atomic mass is 10.1. The Hall–Kier alpha value is -1.59. The molecule has 5 nitrogen and oxygen atoms in total. The van der Waals surface area contributed by atoms with Gasteiger partial charge in [-0.25, -0.2) is 0 Å². The molecular formula is C13H21N3O2. The van der Waals surface area contributed by atoms with Gasteiger partial charge >= 0.3 is 0 Å². The van der Waals surface area contributed by atoms with Crippen LogP contribution in [0.3, 0.4) is 0 Å². The highest BCUT2D eigenvalue weighted by Crippen LogP contribution is 2.17. The van der Waals surface area contributed by atoms with Gasteiger partial charge < -0.3 is 15.1 Å². The molecule has 100 valence electrons. The molecule has 0 aromatic heterocycles. The predicted molar refractivity (Wildman–Crippen MR) is 72.4 cm³/mol. The Bertz CT molecular complexity index is 421. The third kappa shape index (κ3) is 3.21. The third-order valence-corrected chi connectivity index (χ3v) is 3.02. The third-order valence-electron chi connectivity index (χ3n) is 3.02. The Morgan fingerprint density at radius 3 is 2.72 bits per heavy atom. The first kappa shape index (κ1) is 14.5. The van der Waals surface area contributed by atoms with Crippen LogP contribution >= 0.6 is 0 Å². The van der Waals surface area contributed by atoms with Crippen LogP contribution in [0.5, 0.6) is 0 Å². The van der Waals surface area contributed by atoms with Crippen LogP contribution in [-0.4, -0.2) is 37.6 Å². The van der Waals surface area contributed by atoms with Gasteiger partial charge in [0.25, 0.3) is 5.91 Å². The van der Waals surface area contributed by atoms with Gasteiger partial charge in [0.2, 0.25) is 0 Å². The first-order valence-electron chi connectivity index (χ1n) is 5.84. The van der Waals surface area contributed by atoms with Crippen LogP contribution in [0.15, 0.2) is 18.2 Å². The fraction of sp³-hybridized carbons (Fsp3) is 0.462. The number of nitrogen functional groups attached to an aromatic ring is 1. The molecule has 0 radical (unpaired) electrons. The lowest BCUT2D eigenvalue weighted by Crippen LogP contribution is -2.37. The largest absolute Gasteiger partial charge is 0.383 e. The van der Waals surface area contributed by atoms with E-state index in [-0.39, 0.29) is 11.9 Å². The van der Waals surface area contributed by atoms with Crippen LogP contribution in [0.4, 0.5) is 5.69 Å². The number of methoxy groups -OCH3 is 1. The fourth-order valence-corrected chi connectivity index (χ4v) is 1.72. The van der Waals surface area contributed by atoms with Gasteiger partial charge in [-0.1, -0.05) is 0 Å². The average molecular weight is 251 g/mol. The van der Waals surface area contributed by atoms with E-state index in [0.29, 0.717) is 12.2 Å². The zero-order valence-corrected chi connectivity index (χ0v) is 11.4. The number of amides is 1. The van der Waals surface area contributed by atoms with E-state index in [1.54, 1.807) is 31.2 Å². The average Bonchev–Trinajstić information content (AvgIpc) is 2.37. The number of likely N-dealkylation sites (N-methyl/N-ethyl adjacent to an activating group) is 1. The number of nitrogens with two attached hydrogens (primary N) is 1. The molecular weight excluding hydrogens is 230 g/mol. The summed E-state index contributed by atoms with van der Waals surface area (Å²) in [4.78, 5) is 13.9. The Labute approximate surface area is 108 Å². The van der Waals surface area contributed by atoms with Crippen molar-refractivity contribution in [1.82, 2.24) is 4.90 Å². The summed E-state index contributed by atoms with van der Waals surface area (Å²) in [6.07, 6.45) is 0. The quantitative estimate of drug-likeness (QED) is 0.613. The number of aryl methyl sites for hydroxylation is 1. The van der Waals surface area contributed by atoms with Crippen LogP contribution in [-0.2, 0) is 4.74 Å². The van der Waals surface area contributed by atoms with Gasteiger partial charge in [0.1, 0.15) is 0 Å². The monoisotopic (exact) mass is 251 g/mol. The molecule has 0 fully saturated rings. The molecule has 5 heteroatoms. The number of hydrazine groups is 1. The summed E-state index contributed by atoms with van der Waals surface area (Å²) in [5.74, 6) is 5.34. The van der Waals surface area contributed by atoms with Gasteiger partial charge in [-0.3, -0.25) is 10.6 Å². The molecule has 1 unspecified atom stereocenters. The standard InChI is InChI=1S/C13H21N3O2/c1-9-7-11(5-6-12(9)15-14)13(17)16(3)10(2)8-18-4/h5-7,10,15H,8,14H2,1-4H3. The van der Waals surface area contributed by atoms with E-state index >= 15 is 0 Å². The van der Waals surface area contributed by atoms with Crippen molar-refractivity contribution < 1.29 is 9.53 Å². The minimum absolute atomic E-state index is 0.0220. The molecule has 0 heterocycles. The topological polar surface area (TPSA) is 67.6 Å². The van der Waals surface area contributed by atoms with Crippen molar-refractivity contribution >= 4 is 11.6 Å². The zero-order valence-electron chi connectivity index (χ0n) is 11.4. The molecule has 0 aliphatic carbocycles. The minimum atomic E-state index is -0.0220. The maximum atomic E-state index is 12.2. The highest BCUT2D eigenvalue weighted by molar-refractivity contribution is 5.95. The first-order valence-corrected chi connectivity index (χ1v) is 5.84. The Balaban J connectivity index is 2.87. The summed E-state index contributed by atoms with van der Waals surface area (Å²) >= 11 is 0. The number of ether oxygens (including phenoxy) is 1. The summed E-state index contributed by atoms with van der Waals surface area (Å²) in [5.41, 5.74) is 5.00. The van der Waals surface area contributed by atoms with E-state index < -0.39 is 0 Å². The Morgan fingerprint density at radius 1 is 1.56 bits per heavy atom. The molecule has 0 bridgehead atoms. The van der Waals surface area contributed by atoms with Crippen LogP contribution in [0.2, 0.25) is 0 Å². The van der Waals surface area contributed by atoms with E-state index in [0.717, 1.165) is 11.3 Å². The summed E-state index contributed by atoms with van der Waals surface area (Å²) < 4.78 is 5.05. The molecule has 1 amide bonds. The number of hydrogen-bond donors (Lipinski definition) is 2. The predicted octanol–water partition coefficient (Wildman–Crippen LogP) is 1.39. The van der Waals surface area contributed by atoms with E-state index in [4.69, 9.17) is 10.6 Å². The zero-order chi connectivity index (χ0) is 13.7. The SMILES string of the molecule is COCC(C)N(C)C(=O)c1ccc(NN)c(C)c1. The fourth-order valence-electron chi connectivity index (χ4n) is 1.72. The second-order valence-electron chi connectivity index (χ2n) is 4.39. The summed E-state index contributed by atoms with van der Waals surface area (Å²) in [7, 11) is 3.40. The molecule has 3 N–H and O–H groups in total. The maximum absolute atomic E-state index is 12.2. The number of rotatable bonds is 5. The van der Waals surface area contributed by atoms with Crippen molar-refractivity contribution in [1.29, 1.82) is 0 Å². The summed E-state index contributed by atoms with van der Waals surface area (Å²) in [6.45, 7) is 4.37. The molecule has 0 aliphatic heterocycles. The van der Waals surface area contributed by atoms with Gasteiger partial charge in [-0.15, -0.1) is 0 Å². The molecule has 0 saturated carbocycles. The highest BCUT2D eigenvalue weighted by Gasteiger charge is 2.17. The summed E-state index contributed by atoms with van der Waals surface area (Å²) in [5, 5.41) is 0. The first-order chi connectivity index (χ1) is 8.51. The van der Waals surface area contributed by atoms with E-state index in [1.165, 1.54) is 0 Å². The number of nitrogens with one attached hydrogen (secondary N) is 1. The second kappa shape index (κ2) is 6.37. The van der Waals surface area contributed by atoms with Crippen molar-refractivity contribution in [2.24, 2.45) is 5.84 Å². The van der Waals surface area contributed by atoms with Crippen molar-refractivity contribution in [3.8, 4) is 0 Å². The van der Waals surface area contributed by atoms with Crippen molar-refractivity contribution in [3.63, 3.8) is 0 Å². The number of anilines is 1. The van der Waals surface area contributed by atoms with Crippen molar-refractivity contribution in [2.45, 2.75) is 19.9 Å². The van der Waals surface area contributed by atoms with E-state index in [2.05, 4.69) is 5.43 Å². The minimum Gasteiger partial charge on any atom is -0.383 e. The molecule has 1 aromatic rings. The van der Waals surface area contributed by atoms with Crippen molar-refractivity contribution in [2.75, 3.05) is 26.2 Å². The van der Waals surface area contributed by atoms with E-state index in [9.17, 15) is 4.79 Å². The van der Waals surface area contributed by atoms with Gasteiger partial charge in [0.05, 0.1) is 18.3 Å². The maximum Gasteiger partial charge on any atom is 0.253 e. The van der Waals surface area contributed by atoms with Crippen LogP contribution in [0.25, 0.3) is 0 Å². The molecule has 1 atom stereocenters. The number of carbonyl (C=O) groups excluding carboxylic acids is 1. The van der Waals surface area contributed by atoms with E-state index in [1.807, 2.05) is 19.9 Å². The Kier molecular flexibility index (Phi) is 5.12. The molecule has 0 aliphatic rings. The molecule has 0 saturated heterocycles. The van der Waals surface area contributed by atoms with Crippen LogP contribution in [0, 0.1) is 6.92 Å². The highest BCUT2D eigenvalue weighted by atomic mass is 16.5. The number of nitrogens with zero attached hydrogens (tertiary/aromatic N) is 1. The van der Waals surface area contributed by atoms with Crippen molar-refractivity contribution in [3.05, 3.63) is 29.3 Å². The summed E-state index contributed by atoms with van der Waals surface area (Å²) in [6, 6.07) is 5.43. The lowest BCUT2D eigenvalue weighted by Gasteiger charge is -2.24. The Morgan fingerprint density at radius 2 is 2.22 bits per heavy atom. The normalized spacial score (nSPS) is 12.1. The van der Waals surface area contributed by atoms with Crippen LogP contribution in [0.1, 0.15) is 22.8 Å². The molecule has 0 spiro atoms. The lowest BCUT2D eigenvalue weighted by molar-refractivity contribution is 0.0633. The molecule has 1 rings (SSSR count). The number of carbonyl (C=O) groups is 1. The van der Waals surface area contributed by atoms with Gasteiger partial charge in [-0.2, -0.15) is 0 Å². The van der Waals surface area contributed by atoms with Crippen LogP contribution < -0.4 is 11.3 Å². The van der Waals surface area contributed by atoms with Gasteiger partial charge in [0.15, 0.2) is 0 Å². The number of benzene rings is 1. The van der Waals surface area contributed by atoms with Gasteiger partial charge in [-0.05, 0) is 37.6 Å². The number of hydrogen-bond acceptors (Lipinski definition) is 4. The second-order valence-corrected chi connectivity index (χ2v) is 4.39. The molecule has 18 heavy (non-hydrogen) atoms.